The van der Waals surface area contributed by atoms with Crippen LogP contribution >= 0.6 is 0 Å². The summed E-state index contributed by atoms with van der Waals surface area (Å²) >= 11 is 0. The first-order chi connectivity index (χ1) is 8.79. The zero-order valence-electron chi connectivity index (χ0n) is 12.3. The molecule has 0 saturated carbocycles. The van der Waals surface area contributed by atoms with E-state index in [-0.39, 0.29) is 11.3 Å². The average molecular weight is 264 g/mol. The molecule has 0 aromatic heterocycles. The Morgan fingerprint density at radius 3 is 2.53 bits per heavy atom. The fourth-order valence-electron chi connectivity index (χ4n) is 2.22. The molecule has 1 atom stereocenters. The number of rotatable bonds is 5. The molecule has 0 bridgehead atoms. The third-order valence-corrected chi connectivity index (χ3v) is 2.93. The first-order valence-electron chi connectivity index (χ1n) is 6.75. The molecule has 3 heteroatoms. The van der Waals surface area contributed by atoms with Crippen LogP contribution in [0.1, 0.15) is 50.9 Å². The van der Waals surface area contributed by atoms with Gasteiger partial charge in [0, 0.05) is 0 Å². The van der Waals surface area contributed by atoms with Gasteiger partial charge >= 0.3 is 5.97 Å². The highest BCUT2D eigenvalue weighted by Crippen LogP contribution is 2.26. The van der Waals surface area contributed by atoms with E-state index in [1.807, 2.05) is 0 Å². The molecule has 3 nitrogen and oxygen atoms in total. The van der Waals surface area contributed by atoms with E-state index < -0.39 is 5.97 Å². The van der Waals surface area contributed by atoms with Crippen LogP contribution in [0.2, 0.25) is 0 Å². The van der Waals surface area contributed by atoms with Gasteiger partial charge in [-0.05, 0) is 36.3 Å². The lowest BCUT2D eigenvalue weighted by Gasteiger charge is -2.23. The van der Waals surface area contributed by atoms with Crippen molar-refractivity contribution in [1.29, 1.82) is 0 Å². The predicted molar refractivity (Wildman–Crippen MR) is 76.2 cm³/mol. The second-order valence-electron chi connectivity index (χ2n) is 6.31. The van der Waals surface area contributed by atoms with Crippen LogP contribution in [-0.2, 0) is 4.74 Å². The molecular weight excluding hydrogens is 240 g/mol. The molecule has 0 radical (unpaired) electrons. The van der Waals surface area contributed by atoms with Crippen molar-refractivity contribution in [3.8, 4) is 5.75 Å². The Balaban J connectivity index is 2.38. The van der Waals surface area contributed by atoms with E-state index in [4.69, 9.17) is 4.74 Å². The van der Waals surface area contributed by atoms with Crippen LogP contribution in [0.3, 0.4) is 0 Å². The first-order valence-corrected chi connectivity index (χ1v) is 6.75. The maximum Gasteiger partial charge on any atom is 0.341 e. The molecule has 1 aromatic rings. The standard InChI is InChI=1S/C16H24O3/c1-12(11-16(2,3)4)9-10-19-15(18)13-7-5-6-8-14(13)17/h5-8,12,17H,9-11H2,1-4H3. The van der Waals surface area contributed by atoms with E-state index in [0.717, 1.165) is 12.8 Å². The lowest BCUT2D eigenvalue weighted by atomic mass is 9.84. The van der Waals surface area contributed by atoms with Gasteiger partial charge < -0.3 is 9.84 Å². The largest absolute Gasteiger partial charge is 0.507 e. The number of esters is 1. The summed E-state index contributed by atoms with van der Waals surface area (Å²) in [6, 6.07) is 6.44. The Hall–Kier alpha value is -1.51. The maximum atomic E-state index is 11.8. The Kier molecular flexibility index (Phi) is 5.40. The second kappa shape index (κ2) is 6.60. The molecule has 0 spiro atoms. The molecular formula is C16H24O3. The van der Waals surface area contributed by atoms with Crippen molar-refractivity contribution in [2.75, 3.05) is 6.61 Å². The monoisotopic (exact) mass is 264 g/mol. The molecule has 106 valence electrons. The number of para-hydroxylation sites is 1. The molecule has 1 rings (SSSR count). The molecule has 0 aliphatic heterocycles. The van der Waals surface area contributed by atoms with E-state index in [2.05, 4.69) is 27.7 Å². The topological polar surface area (TPSA) is 46.5 Å². The van der Waals surface area contributed by atoms with Crippen LogP contribution in [0.5, 0.6) is 5.75 Å². The minimum absolute atomic E-state index is 0.0322. The van der Waals surface area contributed by atoms with Crippen molar-refractivity contribution in [1.82, 2.24) is 0 Å². The first kappa shape index (κ1) is 15.5. The van der Waals surface area contributed by atoms with Crippen molar-refractivity contribution in [3.05, 3.63) is 29.8 Å². The van der Waals surface area contributed by atoms with Gasteiger partial charge in [0.15, 0.2) is 0 Å². The average Bonchev–Trinajstić information content (AvgIpc) is 2.26. The SMILES string of the molecule is CC(CCOC(=O)c1ccccc1O)CC(C)(C)C. The molecule has 1 N–H and O–H groups in total. The van der Waals surface area contributed by atoms with Crippen molar-refractivity contribution in [3.63, 3.8) is 0 Å². The van der Waals surface area contributed by atoms with Gasteiger partial charge in [0.05, 0.1) is 6.61 Å². The van der Waals surface area contributed by atoms with Crippen molar-refractivity contribution >= 4 is 5.97 Å². The van der Waals surface area contributed by atoms with Gasteiger partial charge in [-0.3, -0.25) is 0 Å². The highest BCUT2D eigenvalue weighted by Gasteiger charge is 2.16. The Morgan fingerprint density at radius 1 is 1.32 bits per heavy atom. The number of carbonyl (C=O) groups is 1. The number of hydrogen-bond donors (Lipinski definition) is 1. The molecule has 0 fully saturated rings. The van der Waals surface area contributed by atoms with E-state index in [0.29, 0.717) is 17.9 Å². The number of benzene rings is 1. The van der Waals surface area contributed by atoms with Gasteiger partial charge in [0.25, 0.3) is 0 Å². The van der Waals surface area contributed by atoms with Gasteiger partial charge in [0.1, 0.15) is 11.3 Å². The van der Waals surface area contributed by atoms with Crippen molar-refractivity contribution in [2.45, 2.75) is 40.5 Å². The second-order valence-corrected chi connectivity index (χ2v) is 6.31. The molecule has 0 aliphatic rings. The Bertz CT molecular complexity index is 418. The summed E-state index contributed by atoms with van der Waals surface area (Å²) in [5.74, 6) is 0.0217. The summed E-state index contributed by atoms with van der Waals surface area (Å²) in [5.41, 5.74) is 0.521. The van der Waals surface area contributed by atoms with Gasteiger partial charge in [-0.15, -0.1) is 0 Å². The highest BCUT2D eigenvalue weighted by atomic mass is 16.5. The Labute approximate surface area is 115 Å². The minimum Gasteiger partial charge on any atom is -0.507 e. The van der Waals surface area contributed by atoms with Gasteiger partial charge in [0.2, 0.25) is 0 Å². The fraction of sp³-hybridized carbons (Fsp3) is 0.562. The number of phenolic OH excluding ortho intramolecular Hbond substituents is 1. The fourth-order valence-corrected chi connectivity index (χ4v) is 2.22. The predicted octanol–water partition coefficient (Wildman–Crippen LogP) is 4.01. The lowest BCUT2D eigenvalue weighted by Crippen LogP contribution is -2.14. The molecule has 1 aromatic carbocycles. The minimum atomic E-state index is -0.457. The molecule has 19 heavy (non-hydrogen) atoms. The zero-order valence-corrected chi connectivity index (χ0v) is 12.3. The number of aromatic hydroxyl groups is 1. The third-order valence-electron chi connectivity index (χ3n) is 2.93. The third kappa shape index (κ3) is 5.77. The number of ether oxygens (including phenoxy) is 1. The summed E-state index contributed by atoms with van der Waals surface area (Å²) in [6.07, 6.45) is 1.94. The van der Waals surface area contributed by atoms with Crippen LogP contribution in [0.15, 0.2) is 24.3 Å². The summed E-state index contributed by atoms with van der Waals surface area (Å²) in [5, 5.41) is 9.54. The zero-order chi connectivity index (χ0) is 14.5. The normalized spacial score (nSPS) is 13.1. The van der Waals surface area contributed by atoms with Crippen LogP contribution in [0.25, 0.3) is 0 Å². The number of carbonyl (C=O) groups excluding carboxylic acids is 1. The van der Waals surface area contributed by atoms with Crippen LogP contribution in [-0.4, -0.2) is 17.7 Å². The molecule has 0 aliphatic carbocycles. The highest BCUT2D eigenvalue weighted by molar-refractivity contribution is 5.92. The summed E-state index contributed by atoms with van der Waals surface area (Å²) in [7, 11) is 0. The maximum absolute atomic E-state index is 11.8. The summed E-state index contributed by atoms with van der Waals surface area (Å²) in [6.45, 7) is 9.18. The number of hydrogen-bond acceptors (Lipinski definition) is 3. The lowest BCUT2D eigenvalue weighted by molar-refractivity contribution is 0.0475. The van der Waals surface area contributed by atoms with E-state index in [1.165, 1.54) is 6.07 Å². The van der Waals surface area contributed by atoms with E-state index in [1.54, 1.807) is 18.2 Å². The Morgan fingerprint density at radius 2 is 1.95 bits per heavy atom. The molecule has 0 saturated heterocycles. The van der Waals surface area contributed by atoms with E-state index >= 15 is 0 Å². The van der Waals surface area contributed by atoms with Crippen molar-refractivity contribution in [2.24, 2.45) is 11.3 Å². The van der Waals surface area contributed by atoms with Gasteiger partial charge in [-0.25, -0.2) is 4.79 Å². The van der Waals surface area contributed by atoms with Gasteiger partial charge in [-0.1, -0.05) is 39.8 Å². The summed E-state index contributed by atoms with van der Waals surface area (Å²) in [4.78, 5) is 11.8. The van der Waals surface area contributed by atoms with Crippen LogP contribution in [0.4, 0.5) is 0 Å². The molecule has 0 amide bonds. The number of phenols is 1. The summed E-state index contributed by atoms with van der Waals surface area (Å²) < 4.78 is 5.20. The quantitative estimate of drug-likeness (QED) is 0.817. The van der Waals surface area contributed by atoms with Crippen molar-refractivity contribution < 1.29 is 14.6 Å². The van der Waals surface area contributed by atoms with Crippen LogP contribution < -0.4 is 0 Å². The molecule has 1 unspecified atom stereocenters. The van der Waals surface area contributed by atoms with Crippen LogP contribution in [0, 0.1) is 11.3 Å². The van der Waals surface area contributed by atoms with Gasteiger partial charge in [-0.2, -0.15) is 0 Å². The smallest absolute Gasteiger partial charge is 0.341 e. The molecule has 0 heterocycles. The van der Waals surface area contributed by atoms with E-state index in [9.17, 15) is 9.90 Å².